The van der Waals surface area contributed by atoms with Crippen LogP contribution in [0.3, 0.4) is 0 Å². The number of hydrogen-bond acceptors (Lipinski definition) is 2. The quantitative estimate of drug-likeness (QED) is 0.357. The molecule has 0 unspecified atom stereocenters. The molecule has 0 aliphatic heterocycles. The average Bonchev–Trinajstić information content (AvgIpc) is 2.35. The van der Waals surface area contributed by atoms with Crippen LogP contribution in [0.2, 0.25) is 0 Å². The van der Waals surface area contributed by atoms with Gasteiger partial charge in [-0.05, 0) is 44.8 Å². The third-order valence-corrected chi connectivity index (χ3v) is 2.78. The summed E-state index contributed by atoms with van der Waals surface area (Å²) >= 11 is 0. The largest absolute Gasteiger partial charge is 0.502 e. The normalized spacial score (nSPS) is 14.1. The third kappa shape index (κ3) is 7.81. The van der Waals surface area contributed by atoms with Crippen molar-refractivity contribution in [3.05, 3.63) is 35.1 Å². The second-order valence-corrected chi connectivity index (χ2v) is 4.09. The van der Waals surface area contributed by atoms with E-state index < -0.39 is 0 Å². The first-order valence-corrected chi connectivity index (χ1v) is 6.20. The summed E-state index contributed by atoms with van der Waals surface area (Å²) in [7, 11) is 3.44. The van der Waals surface area contributed by atoms with Crippen LogP contribution in [0.25, 0.3) is 0 Å². The van der Waals surface area contributed by atoms with Crippen molar-refractivity contribution in [2.45, 2.75) is 40.0 Å². The van der Waals surface area contributed by atoms with E-state index in [1.54, 1.807) is 14.2 Å². The van der Waals surface area contributed by atoms with Crippen molar-refractivity contribution >= 4 is 0 Å². The van der Waals surface area contributed by atoms with Crippen molar-refractivity contribution < 1.29 is 9.47 Å². The van der Waals surface area contributed by atoms with Crippen molar-refractivity contribution in [1.29, 1.82) is 0 Å². The zero-order valence-corrected chi connectivity index (χ0v) is 11.9. The zero-order chi connectivity index (χ0) is 13.1. The van der Waals surface area contributed by atoms with Crippen molar-refractivity contribution in [3.63, 3.8) is 0 Å². The Kier molecular flexibility index (Phi) is 9.55. The van der Waals surface area contributed by atoms with E-state index in [9.17, 15) is 0 Å². The van der Waals surface area contributed by atoms with E-state index in [1.807, 2.05) is 6.92 Å². The maximum atomic E-state index is 5.20. The van der Waals surface area contributed by atoms with Gasteiger partial charge in [-0.3, -0.25) is 0 Å². The lowest BCUT2D eigenvalue weighted by Gasteiger charge is -2.05. The minimum atomic E-state index is 0.698. The molecule has 0 aliphatic carbocycles. The molecule has 0 spiro atoms. The Morgan fingerprint density at radius 1 is 1.12 bits per heavy atom. The SMILES string of the molecule is CC/C(C)=C(/C=C\CC/C=C(\C)OC)COC. The first-order valence-electron chi connectivity index (χ1n) is 6.20. The molecule has 0 saturated carbocycles. The van der Waals surface area contributed by atoms with Crippen LogP contribution in [0, 0.1) is 0 Å². The molecule has 98 valence electrons. The molecule has 0 atom stereocenters. The van der Waals surface area contributed by atoms with Gasteiger partial charge < -0.3 is 9.47 Å². The molecule has 2 nitrogen and oxygen atoms in total. The van der Waals surface area contributed by atoms with Crippen LogP contribution < -0.4 is 0 Å². The van der Waals surface area contributed by atoms with Gasteiger partial charge in [-0.1, -0.05) is 24.6 Å². The van der Waals surface area contributed by atoms with Crippen molar-refractivity contribution in [2.75, 3.05) is 20.8 Å². The summed E-state index contributed by atoms with van der Waals surface area (Å²) in [6.45, 7) is 7.00. The molecule has 0 heterocycles. The Morgan fingerprint density at radius 2 is 1.82 bits per heavy atom. The van der Waals surface area contributed by atoms with E-state index in [4.69, 9.17) is 9.47 Å². The highest BCUT2D eigenvalue weighted by molar-refractivity contribution is 5.25. The molecule has 0 aromatic rings. The summed E-state index contributed by atoms with van der Waals surface area (Å²) in [6, 6.07) is 0. The topological polar surface area (TPSA) is 18.5 Å². The molecule has 0 N–H and O–H groups in total. The van der Waals surface area contributed by atoms with Crippen LogP contribution in [0.5, 0.6) is 0 Å². The predicted octanol–water partition coefficient (Wildman–Crippen LogP) is 4.25. The third-order valence-electron chi connectivity index (χ3n) is 2.78. The maximum Gasteiger partial charge on any atom is 0.0884 e. The smallest absolute Gasteiger partial charge is 0.0884 e. The van der Waals surface area contributed by atoms with Crippen molar-refractivity contribution in [3.8, 4) is 0 Å². The highest BCUT2D eigenvalue weighted by atomic mass is 16.5. The summed E-state index contributed by atoms with van der Waals surface area (Å²) in [5.41, 5.74) is 2.69. The van der Waals surface area contributed by atoms with Gasteiger partial charge >= 0.3 is 0 Å². The van der Waals surface area contributed by atoms with Crippen LogP contribution in [0.1, 0.15) is 40.0 Å². The lowest BCUT2D eigenvalue weighted by atomic mass is 10.1. The molecule has 0 saturated heterocycles. The van der Waals surface area contributed by atoms with Crippen LogP contribution in [-0.4, -0.2) is 20.8 Å². The predicted molar refractivity (Wildman–Crippen MR) is 74.0 cm³/mol. The maximum absolute atomic E-state index is 5.20. The number of allylic oxidation sites excluding steroid dienone is 4. The van der Waals surface area contributed by atoms with Crippen LogP contribution >= 0.6 is 0 Å². The Hall–Kier alpha value is -1.02. The number of hydrogen-bond donors (Lipinski definition) is 0. The van der Waals surface area contributed by atoms with Gasteiger partial charge in [0.25, 0.3) is 0 Å². The van der Waals surface area contributed by atoms with Gasteiger partial charge in [0, 0.05) is 7.11 Å². The summed E-state index contributed by atoms with van der Waals surface area (Å²) < 4.78 is 10.3. The molecule has 0 aromatic heterocycles. The fourth-order valence-electron chi connectivity index (χ4n) is 1.39. The molecule has 2 heteroatoms. The Morgan fingerprint density at radius 3 is 2.35 bits per heavy atom. The monoisotopic (exact) mass is 238 g/mol. The first kappa shape index (κ1) is 16.0. The molecule has 0 radical (unpaired) electrons. The van der Waals surface area contributed by atoms with E-state index >= 15 is 0 Å². The fourth-order valence-corrected chi connectivity index (χ4v) is 1.39. The molecule has 0 fully saturated rings. The molecule has 0 rings (SSSR count). The lowest BCUT2D eigenvalue weighted by Crippen LogP contribution is -1.94. The Labute approximate surface area is 106 Å². The summed E-state index contributed by atoms with van der Waals surface area (Å²) in [5, 5.41) is 0. The van der Waals surface area contributed by atoms with Crippen LogP contribution in [-0.2, 0) is 9.47 Å². The molecular weight excluding hydrogens is 212 g/mol. The van der Waals surface area contributed by atoms with Gasteiger partial charge in [-0.2, -0.15) is 0 Å². The van der Waals surface area contributed by atoms with Gasteiger partial charge in [-0.15, -0.1) is 0 Å². The van der Waals surface area contributed by atoms with Crippen molar-refractivity contribution in [1.82, 2.24) is 0 Å². The van der Waals surface area contributed by atoms with Gasteiger partial charge in [0.1, 0.15) is 0 Å². The van der Waals surface area contributed by atoms with E-state index in [1.165, 1.54) is 11.1 Å². The highest BCUT2D eigenvalue weighted by Gasteiger charge is 1.96. The minimum Gasteiger partial charge on any atom is -0.502 e. The summed E-state index contributed by atoms with van der Waals surface area (Å²) in [4.78, 5) is 0. The van der Waals surface area contributed by atoms with Crippen molar-refractivity contribution in [2.24, 2.45) is 0 Å². The standard InChI is InChI=1S/C15H26O2/c1-6-13(2)15(12-16-4)11-9-7-8-10-14(3)17-5/h9-11H,6-8,12H2,1-5H3/b11-9-,14-10+,15-13-. The minimum absolute atomic E-state index is 0.698. The molecule has 0 amide bonds. The number of methoxy groups -OCH3 is 2. The summed E-state index contributed by atoms with van der Waals surface area (Å²) in [5.74, 6) is 0.982. The molecule has 17 heavy (non-hydrogen) atoms. The molecule has 0 aromatic carbocycles. The molecular formula is C15H26O2. The second-order valence-electron chi connectivity index (χ2n) is 4.09. The van der Waals surface area contributed by atoms with Gasteiger partial charge in [0.15, 0.2) is 0 Å². The lowest BCUT2D eigenvalue weighted by molar-refractivity contribution is 0.227. The van der Waals surface area contributed by atoms with Gasteiger partial charge in [0.2, 0.25) is 0 Å². The zero-order valence-electron chi connectivity index (χ0n) is 11.9. The molecule has 0 aliphatic rings. The van der Waals surface area contributed by atoms with E-state index in [-0.39, 0.29) is 0 Å². The highest BCUT2D eigenvalue weighted by Crippen LogP contribution is 2.11. The number of ether oxygens (including phenoxy) is 2. The van der Waals surface area contributed by atoms with Crippen LogP contribution in [0.15, 0.2) is 35.1 Å². The van der Waals surface area contributed by atoms with Gasteiger partial charge in [-0.25, -0.2) is 0 Å². The number of unbranched alkanes of at least 4 members (excludes halogenated alkanes) is 1. The van der Waals surface area contributed by atoms with Crippen LogP contribution in [0.4, 0.5) is 0 Å². The molecule has 0 bridgehead atoms. The van der Waals surface area contributed by atoms with E-state index in [0.29, 0.717) is 6.61 Å². The van der Waals surface area contributed by atoms with E-state index in [0.717, 1.165) is 25.0 Å². The summed E-state index contributed by atoms with van der Waals surface area (Å²) in [6.07, 6.45) is 9.61. The Bertz CT molecular complexity index is 285. The fraction of sp³-hybridized carbons (Fsp3) is 0.600. The first-order chi connectivity index (χ1) is 8.15. The average molecular weight is 238 g/mol. The number of rotatable bonds is 8. The Balaban J connectivity index is 4.20. The second kappa shape index (κ2) is 10.2. The van der Waals surface area contributed by atoms with E-state index in [2.05, 4.69) is 32.1 Å². The van der Waals surface area contributed by atoms with Gasteiger partial charge in [0.05, 0.1) is 19.5 Å².